The molecule has 0 atom stereocenters. The van der Waals surface area contributed by atoms with Gasteiger partial charge in [0, 0.05) is 40.5 Å². The third-order valence-corrected chi connectivity index (χ3v) is 5.61. The molecule has 0 saturated heterocycles. The zero-order valence-corrected chi connectivity index (χ0v) is 18.5. The zero-order valence-electron chi connectivity index (χ0n) is 17.7. The number of benzene rings is 3. The Kier molecular flexibility index (Phi) is 6.56. The minimum absolute atomic E-state index is 0.00715. The minimum atomic E-state index is -0.461. The molecule has 33 heavy (non-hydrogen) atoms. The van der Waals surface area contributed by atoms with E-state index in [0.29, 0.717) is 11.3 Å². The predicted molar refractivity (Wildman–Crippen MR) is 133 cm³/mol. The summed E-state index contributed by atoms with van der Waals surface area (Å²) in [5, 5.41) is 19.7. The maximum Gasteiger partial charge on any atom is 0.269 e. The number of aromatic nitrogens is 1. The van der Waals surface area contributed by atoms with E-state index in [0.717, 1.165) is 27.6 Å². The van der Waals surface area contributed by atoms with Gasteiger partial charge < -0.3 is 10.6 Å². The number of hydrogen-bond donors (Lipinski definition) is 2. The highest BCUT2D eigenvalue weighted by molar-refractivity contribution is 7.14. The summed E-state index contributed by atoms with van der Waals surface area (Å²) in [6, 6.07) is 21.5. The molecule has 0 aliphatic heterocycles. The molecule has 8 heteroatoms. The minimum Gasteiger partial charge on any atom is -0.331 e. The molecule has 1 heterocycles. The second kappa shape index (κ2) is 9.88. The number of thiazole rings is 1. The molecule has 0 bridgehead atoms. The van der Waals surface area contributed by atoms with Crippen LogP contribution < -0.4 is 10.6 Å². The van der Waals surface area contributed by atoms with Gasteiger partial charge in [-0.15, -0.1) is 11.3 Å². The summed E-state index contributed by atoms with van der Waals surface area (Å²) in [7, 11) is 0. The molecular weight excluding hydrogens is 436 g/mol. The van der Waals surface area contributed by atoms with Gasteiger partial charge in [0.15, 0.2) is 5.13 Å². The summed E-state index contributed by atoms with van der Waals surface area (Å²) in [5.74, 6) is -0.300. The Morgan fingerprint density at radius 2 is 1.85 bits per heavy atom. The van der Waals surface area contributed by atoms with Crippen LogP contribution in [0.1, 0.15) is 11.1 Å². The van der Waals surface area contributed by atoms with Crippen LogP contribution in [0.15, 0.2) is 84.3 Å². The van der Waals surface area contributed by atoms with E-state index in [9.17, 15) is 14.9 Å². The maximum absolute atomic E-state index is 12.3. The van der Waals surface area contributed by atoms with E-state index in [1.807, 2.05) is 54.8 Å². The number of anilines is 3. The number of rotatable bonds is 7. The summed E-state index contributed by atoms with van der Waals surface area (Å²) in [4.78, 5) is 27.2. The highest BCUT2D eigenvalue weighted by Crippen LogP contribution is 2.29. The third-order valence-electron chi connectivity index (χ3n) is 4.85. The van der Waals surface area contributed by atoms with Crippen molar-refractivity contribution in [1.29, 1.82) is 0 Å². The first-order valence-electron chi connectivity index (χ1n) is 10.1. The molecular formula is C25H20N4O3S. The molecule has 1 amide bonds. The number of para-hydroxylation sites is 1. The molecule has 3 aromatic carbocycles. The van der Waals surface area contributed by atoms with Crippen molar-refractivity contribution in [1.82, 2.24) is 4.98 Å². The first-order chi connectivity index (χ1) is 16.0. The van der Waals surface area contributed by atoms with E-state index in [2.05, 4.69) is 15.6 Å². The predicted octanol–water partition coefficient (Wildman–Crippen LogP) is 6.42. The Hall–Kier alpha value is -4.30. The molecule has 0 radical (unpaired) electrons. The Bertz CT molecular complexity index is 1330. The fourth-order valence-electron chi connectivity index (χ4n) is 3.11. The molecule has 0 spiro atoms. The van der Waals surface area contributed by atoms with Crippen molar-refractivity contribution in [3.05, 3.63) is 105 Å². The number of carbonyl (C=O) groups is 1. The van der Waals surface area contributed by atoms with Gasteiger partial charge in [0.2, 0.25) is 5.91 Å². The van der Waals surface area contributed by atoms with Gasteiger partial charge in [-0.3, -0.25) is 14.9 Å². The molecule has 0 saturated carbocycles. The molecule has 4 aromatic rings. The topological polar surface area (TPSA) is 97.2 Å². The maximum atomic E-state index is 12.3. The summed E-state index contributed by atoms with van der Waals surface area (Å²) in [5.41, 5.74) is 5.20. The number of nitro benzene ring substituents is 1. The Labute approximate surface area is 194 Å². The van der Waals surface area contributed by atoms with Gasteiger partial charge in [0.25, 0.3) is 5.69 Å². The summed E-state index contributed by atoms with van der Waals surface area (Å²) in [6.45, 7) is 2.04. The molecule has 4 rings (SSSR count). The van der Waals surface area contributed by atoms with Crippen molar-refractivity contribution in [2.24, 2.45) is 0 Å². The second-order valence-electron chi connectivity index (χ2n) is 7.23. The van der Waals surface area contributed by atoms with Crippen LogP contribution in [0.25, 0.3) is 17.3 Å². The van der Waals surface area contributed by atoms with E-state index in [-0.39, 0.29) is 11.6 Å². The molecule has 0 unspecified atom stereocenters. The van der Waals surface area contributed by atoms with Gasteiger partial charge in [-0.1, -0.05) is 30.3 Å². The van der Waals surface area contributed by atoms with Crippen molar-refractivity contribution >= 4 is 45.5 Å². The van der Waals surface area contributed by atoms with Gasteiger partial charge in [-0.2, -0.15) is 0 Å². The van der Waals surface area contributed by atoms with Crippen LogP contribution in [0, 0.1) is 17.0 Å². The largest absolute Gasteiger partial charge is 0.331 e. The Morgan fingerprint density at radius 3 is 2.61 bits per heavy atom. The number of nitrogens with zero attached hydrogens (tertiary/aromatic N) is 2. The Balaban J connectivity index is 1.41. The quantitative estimate of drug-likeness (QED) is 0.190. The molecule has 0 fully saturated rings. The van der Waals surface area contributed by atoms with Crippen molar-refractivity contribution in [3.8, 4) is 11.3 Å². The average Bonchev–Trinajstić information content (AvgIpc) is 3.28. The lowest BCUT2D eigenvalue weighted by atomic mass is 10.1. The SMILES string of the molecule is Cc1ccccc1Nc1nc(-c2cccc(NC(=O)C=Cc3ccc([N+](=O)[O-])cc3)c2)cs1. The lowest BCUT2D eigenvalue weighted by molar-refractivity contribution is -0.384. The first kappa shape index (κ1) is 21.9. The lowest BCUT2D eigenvalue weighted by Crippen LogP contribution is -2.07. The first-order valence-corrected chi connectivity index (χ1v) is 11.0. The van der Waals surface area contributed by atoms with Crippen LogP contribution in [-0.2, 0) is 4.79 Å². The van der Waals surface area contributed by atoms with Gasteiger partial charge >= 0.3 is 0 Å². The number of aryl methyl sites for hydroxylation is 1. The van der Waals surface area contributed by atoms with Gasteiger partial charge in [0.1, 0.15) is 0 Å². The lowest BCUT2D eigenvalue weighted by Gasteiger charge is -2.06. The number of nitrogens with one attached hydrogen (secondary N) is 2. The van der Waals surface area contributed by atoms with Crippen LogP contribution in [0.5, 0.6) is 0 Å². The number of amides is 1. The van der Waals surface area contributed by atoms with Crippen LogP contribution in [-0.4, -0.2) is 15.8 Å². The smallest absolute Gasteiger partial charge is 0.269 e. The highest BCUT2D eigenvalue weighted by Gasteiger charge is 2.08. The summed E-state index contributed by atoms with van der Waals surface area (Å²) in [6.07, 6.45) is 2.99. The van der Waals surface area contributed by atoms with Crippen LogP contribution in [0.3, 0.4) is 0 Å². The number of non-ortho nitro benzene ring substituents is 1. The highest BCUT2D eigenvalue weighted by atomic mass is 32.1. The number of hydrogen-bond acceptors (Lipinski definition) is 6. The standard InChI is InChI=1S/C25H20N4O3S/c1-17-5-2-3-8-22(17)27-25-28-23(16-33-25)19-6-4-7-20(15-19)26-24(30)14-11-18-9-12-21(13-10-18)29(31)32/h2-16H,1H3,(H,26,30)(H,27,28). The fraction of sp³-hybridized carbons (Fsp3) is 0.0400. The van der Waals surface area contributed by atoms with Gasteiger partial charge in [-0.05, 0) is 54.5 Å². The van der Waals surface area contributed by atoms with Crippen LogP contribution in [0.4, 0.5) is 22.2 Å². The number of nitro groups is 1. The van der Waals surface area contributed by atoms with Crippen molar-refractivity contribution in [2.45, 2.75) is 6.92 Å². The molecule has 1 aromatic heterocycles. The second-order valence-corrected chi connectivity index (χ2v) is 8.09. The molecule has 0 aliphatic rings. The molecule has 2 N–H and O–H groups in total. The van der Waals surface area contributed by atoms with Gasteiger partial charge in [0.05, 0.1) is 10.6 Å². The molecule has 7 nitrogen and oxygen atoms in total. The van der Waals surface area contributed by atoms with Crippen molar-refractivity contribution in [3.63, 3.8) is 0 Å². The monoisotopic (exact) mass is 456 g/mol. The third kappa shape index (κ3) is 5.69. The summed E-state index contributed by atoms with van der Waals surface area (Å²) < 4.78 is 0. The van der Waals surface area contributed by atoms with Crippen LogP contribution >= 0.6 is 11.3 Å². The van der Waals surface area contributed by atoms with E-state index in [1.54, 1.807) is 24.3 Å². The average molecular weight is 457 g/mol. The van der Waals surface area contributed by atoms with Gasteiger partial charge in [-0.25, -0.2) is 4.98 Å². The van der Waals surface area contributed by atoms with Crippen molar-refractivity contribution < 1.29 is 9.72 Å². The van der Waals surface area contributed by atoms with Crippen molar-refractivity contribution in [2.75, 3.05) is 10.6 Å². The summed E-state index contributed by atoms with van der Waals surface area (Å²) >= 11 is 1.51. The fourth-order valence-corrected chi connectivity index (χ4v) is 3.84. The normalized spacial score (nSPS) is 10.8. The van der Waals surface area contributed by atoms with E-state index in [4.69, 9.17) is 0 Å². The van der Waals surface area contributed by atoms with E-state index >= 15 is 0 Å². The zero-order chi connectivity index (χ0) is 23.2. The van der Waals surface area contributed by atoms with Crippen LogP contribution in [0.2, 0.25) is 0 Å². The number of carbonyl (C=O) groups excluding carboxylic acids is 1. The molecule has 164 valence electrons. The van der Waals surface area contributed by atoms with E-state index in [1.165, 1.54) is 29.5 Å². The molecule has 0 aliphatic carbocycles. The Morgan fingerprint density at radius 1 is 1.06 bits per heavy atom. The van der Waals surface area contributed by atoms with E-state index < -0.39 is 4.92 Å².